The first-order valence-electron chi connectivity index (χ1n) is 13.0. The first-order chi connectivity index (χ1) is 19.2. The summed E-state index contributed by atoms with van der Waals surface area (Å²) in [6.07, 6.45) is 0.0215. The minimum Gasteiger partial charge on any atom is -0.460 e. The summed E-state index contributed by atoms with van der Waals surface area (Å²) in [6.45, 7) is 5.73. The van der Waals surface area contributed by atoms with Gasteiger partial charge in [0.15, 0.2) is 0 Å². The molecule has 1 spiro atoms. The van der Waals surface area contributed by atoms with E-state index in [2.05, 4.69) is 11.4 Å². The monoisotopic (exact) mass is 599 g/mol. The molecule has 4 amide bonds. The third-order valence-electron chi connectivity index (χ3n) is 7.12. The van der Waals surface area contributed by atoms with Crippen molar-refractivity contribution in [1.82, 2.24) is 15.1 Å². The van der Waals surface area contributed by atoms with Crippen molar-refractivity contribution >= 4 is 52.7 Å². The minimum atomic E-state index is -1.34. The zero-order valence-electron chi connectivity index (χ0n) is 23.2. The van der Waals surface area contributed by atoms with Crippen LogP contribution in [-0.4, -0.2) is 78.0 Å². The van der Waals surface area contributed by atoms with Crippen molar-refractivity contribution < 1.29 is 23.9 Å². The van der Waals surface area contributed by atoms with E-state index in [0.717, 1.165) is 10.5 Å². The van der Waals surface area contributed by atoms with Crippen LogP contribution >= 0.6 is 23.2 Å². The van der Waals surface area contributed by atoms with Gasteiger partial charge in [-0.15, -0.1) is 0 Å². The second-order valence-electron chi connectivity index (χ2n) is 11.2. The van der Waals surface area contributed by atoms with E-state index in [1.165, 1.54) is 23.1 Å². The molecular weight excluding hydrogens is 569 g/mol. The largest absolute Gasteiger partial charge is 0.460 e. The second-order valence-corrected chi connectivity index (χ2v) is 12.0. The Labute approximate surface area is 248 Å². The number of hydrogen-bond donors (Lipinski definition) is 1. The average molecular weight is 601 g/mol. The quantitative estimate of drug-likeness (QED) is 0.377. The number of halogens is 2. The van der Waals surface area contributed by atoms with Gasteiger partial charge in [0.25, 0.3) is 5.91 Å². The molecule has 2 fully saturated rings. The van der Waals surface area contributed by atoms with Crippen molar-refractivity contribution in [2.24, 2.45) is 0 Å². The molecule has 2 saturated heterocycles. The first kappa shape index (κ1) is 30.3. The van der Waals surface area contributed by atoms with E-state index in [1.54, 1.807) is 52.1 Å². The van der Waals surface area contributed by atoms with E-state index in [4.69, 9.17) is 27.9 Å². The maximum absolute atomic E-state index is 14.2. The van der Waals surface area contributed by atoms with E-state index in [9.17, 15) is 24.4 Å². The Morgan fingerprint density at radius 3 is 2.34 bits per heavy atom. The van der Waals surface area contributed by atoms with Gasteiger partial charge in [0.05, 0.1) is 30.3 Å². The highest BCUT2D eigenvalue weighted by molar-refractivity contribution is 6.35. The van der Waals surface area contributed by atoms with E-state index >= 15 is 0 Å². The van der Waals surface area contributed by atoms with Crippen LogP contribution in [0, 0.1) is 11.3 Å². The summed E-state index contributed by atoms with van der Waals surface area (Å²) < 4.78 is 5.27. The standard InChI is InChI=1S/C29H31Cl2N5O5/c1-28(2,3)41-25(38)9-10-33-24(37)16-35-15-23(19-7-5-18(14-32)6-8-19)29(17-35)26(39)36(27(40)34(29)4)22-12-20(30)11-21(31)13-22/h5-8,11-13,23H,9-10,15-17H2,1-4H3,(H,33,37)/t23-,29+/m0/s1. The molecule has 1 N–H and O–H groups in total. The minimum absolute atomic E-state index is 0.0215. The Bertz CT molecular complexity index is 1400. The topological polar surface area (TPSA) is 123 Å². The fraction of sp³-hybridized carbons (Fsp3) is 0.414. The Morgan fingerprint density at radius 2 is 1.76 bits per heavy atom. The molecule has 2 aromatic carbocycles. The van der Waals surface area contributed by atoms with E-state index < -0.39 is 35.0 Å². The molecule has 0 aliphatic carbocycles. The molecule has 0 unspecified atom stereocenters. The van der Waals surface area contributed by atoms with Gasteiger partial charge in [0.1, 0.15) is 11.1 Å². The fourth-order valence-corrected chi connectivity index (χ4v) is 5.88. The Hall–Kier alpha value is -3.65. The molecule has 2 aliphatic rings. The summed E-state index contributed by atoms with van der Waals surface area (Å²) in [7, 11) is 1.56. The number of nitrogens with one attached hydrogen (secondary N) is 1. The Kier molecular flexibility index (Phi) is 8.64. The molecule has 10 nitrogen and oxygen atoms in total. The number of nitriles is 1. The number of imide groups is 1. The van der Waals surface area contributed by atoms with Crippen molar-refractivity contribution in [3.63, 3.8) is 0 Å². The maximum Gasteiger partial charge on any atom is 0.332 e. The van der Waals surface area contributed by atoms with E-state index in [-0.39, 0.29) is 47.7 Å². The molecular formula is C29H31Cl2N5O5. The van der Waals surface area contributed by atoms with Gasteiger partial charge in [-0.2, -0.15) is 5.26 Å². The zero-order valence-corrected chi connectivity index (χ0v) is 24.8. The van der Waals surface area contributed by atoms with Crippen molar-refractivity contribution in [3.8, 4) is 6.07 Å². The van der Waals surface area contributed by atoms with Gasteiger partial charge in [-0.1, -0.05) is 35.3 Å². The molecule has 216 valence electrons. The van der Waals surface area contributed by atoms with Crippen LogP contribution in [0.1, 0.15) is 44.2 Å². The number of benzene rings is 2. The summed E-state index contributed by atoms with van der Waals surface area (Å²) in [4.78, 5) is 56.9. The van der Waals surface area contributed by atoms with Crippen LogP contribution in [0.5, 0.6) is 0 Å². The Balaban J connectivity index is 1.59. The van der Waals surface area contributed by atoms with Crippen molar-refractivity contribution in [2.75, 3.05) is 38.1 Å². The summed E-state index contributed by atoms with van der Waals surface area (Å²) >= 11 is 12.4. The molecule has 12 heteroatoms. The number of anilines is 1. The van der Waals surface area contributed by atoms with E-state index in [0.29, 0.717) is 12.1 Å². The third kappa shape index (κ3) is 6.32. The lowest BCUT2D eigenvalue weighted by molar-refractivity contribution is -0.154. The van der Waals surface area contributed by atoms with Gasteiger partial charge in [-0.05, 0) is 56.7 Å². The molecule has 2 aromatic rings. The average Bonchev–Trinajstić information content (AvgIpc) is 3.34. The molecule has 0 bridgehead atoms. The number of likely N-dealkylation sites (N-methyl/N-ethyl adjacent to an activating group) is 1. The summed E-state index contributed by atoms with van der Waals surface area (Å²) in [6, 6.07) is 12.9. The number of ether oxygens (including phenoxy) is 1. The van der Waals surface area contributed by atoms with Gasteiger partial charge < -0.3 is 15.0 Å². The number of likely N-dealkylation sites (tertiary alicyclic amines) is 1. The highest BCUT2D eigenvalue weighted by atomic mass is 35.5. The molecule has 0 saturated carbocycles. The van der Waals surface area contributed by atoms with Crippen LogP contribution in [-0.2, 0) is 19.1 Å². The van der Waals surface area contributed by atoms with Crippen LogP contribution in [0.15, 0.2) is 42.5 Å². The normalized spacial score (nSPS) is 21.0. The smallest absolute Gasteiger partial charge is 0.332 e. The first-order valence-corrected chi connectivity index (χ1v) is 13.8. The lowest BCUT2D eigenvalue weighted by Crippen LogP contribution is -2.54. The van der Waals surface area contributed by atoms with Crippen LogP contribution in [0.2, 0.25) is 10.0 Å². The molecule has 41 heavy (non-hydrogen) atoms. The van der Waals surface area contributed by atoms with Gasteiger partial charge in [-0.3, -0.25) is 19.3 Å². The number of carbonyl (C=O) groups is 4. The van der Waals surface area contributed by atoms with Crippen LogP contribution < -0.4 is 10.2 Å². The van der Waals surface area contributed by atoms with E-state index in [1.807, 2.05) is 4.90 Å². The zero-order chi connectivity index (χ0) is 30.1. The van der Waals surface area contributed by atoms with Crippen LogP contribution in [0.3, 0.4) is 0 Å². The molecule has 2 heterocycles. The third-order valence-corrected chi connectivity index (χ3v) is 7.55. The van der Waals surface area contributed by atoms with Crippen molar-refractivity contribution in [1.29, 1.82) is 5.26 Å². The number of esters is 1. The lowest BCUT2D eigenvalue weighted by Gasteiger charge is -2.34. The van der Waals surface area contributed by atoms with Gasteiger partial charge in [0.2, 0.25) is 5.91 Å². The van der Waals surface area contributed by atoms with Crippen LogP contribution in [0.25, 0.3) is 0 Å². The summed E-state index contributed by atoms with van der Waals surface area (Å²) in [5, 5.41) is 12.5. The molecule has 2 aliphatic heterocycles. The van der Waals surface area contributed by atoms with Crippen molar-refractivity contribution in [2.45, 2.75) is 44.2 Å². The maximum atomic E-state index is 14.2. The molecule has 2 atom stereocenters. The highest BCUT2D eigenvalue weighted by Crippen LogP contribution is 2.46. The molecule has 4 rings (SSSR count). The van der Waals surface area contributed by atoms with Crippen molar-refractivity contribution in [3.05, 3.63) is 63.6 Å². The number of hydrogen-bond acceptors (Lipinski definition) is 7. The number of carbonyl (C=O) groups excluding carboxylic acids is 4. The summed E-state index contributed by atoms with van der Waals surface area (Å²) in [5.41, 5.74) is -0.502. The van der Waals surface area contributed by atoms with Gasteiger partial charge in [0, 0.05) is 42.6 Å². The highest BCUT2D eigenvalue weighted by Gasteiger charge is 2.64. The SMILES string of the molecule is CN1C(=O)N(c2cc(Cl)cc(Cl)c2)C(=O)[C@]12CN(CC(=O)NCCC(=O)OC(C)(C)C)C[C@H]2c1ccc(C#N)cc1. The fourth-order valence-electron chi connectivity index (χ4n) is 5.37. The van der Waals surface area contributed by atoms with Gasteiger partial charge >= 0.3 is 12.0 Å². The molecule has 0 radical (unpaired) electrons. The number of urea groups is 1. The number of nitrogens with zero attached hydrogens (tertiary/aromatic N) is 4. The Morgan fingerprint density at radius 1 is 1.12 bits per heavy atom. The summed E-state index contributed by atoms with van der Waals surface area (Å²) in [5.74, 6) is -1.73. The van der Waals surface area contributed by atoms with Gasteiger partial charge in [-0.25, -0.2) is 9.69 Å². The predicted octanol–water partition coefficient (Wildman–Crippen LogP) is 3.95. The van der Waals surface area contributed by atoms with Crippen LogP contribution in [0.4, 0.5) is 10.5 Å². The number of rotatable bonds is 7. The predicted molar refractivity (Wildman–Crippen MR) is 154 cm³/mol. The number of amides is 4. The lowest BCUT2D eigenvalue weighted by atomic mass is 9.80. The second kappa shape index (κ2) is 11.7. The molecule has 0 aromatic heterocycles.